The van der Waals surface area contributed by atoms with E-state index in [2.05, 4.69) is 12.3 Å². The Kier molecular flexibility index (Phi) is 4.70. The quantitative estimate of drug-likeness (QED) is 0.665. The van der Waals surface area contributed by atoms with Crippen LogP contribution in [0.25, 0.3) is 0 Å². The molecule has 0 saturated carbocycles. The number of carbonyl (C=O) groups excluding carboxylic acids is 1. The molecular formula is C12H23N3O3. The molecule has 0 bridgehead atoms. The molecule has 0 aromatic heterocycles. The molecule has 1 fully saturated rings. The molecule has 4 N–H and O–H groups in total. The molecule has 0 aliphatic carbocycles. The zero-order chi connectivity index (χ0) is 13.9. The Morgan fingerprint density at radius 2 is 2.17 bits per heavy atom. The van der Waals surface area contributed by atoms with Crippen molar-refractivity contribution in [2.24, 2.45) is 5.73 Å². The third kappa shape index (κ3) is 3.20. The number of unbranched alkanes of at least 4 members (excludes halogenated alkanes) is 1. The minimum absolute atomic E-state index is 0.137. The van der Waals surface area contributed by atoms with E-state index in [0.29, 0.717) is 6.42 Å². The molecule has 3 atom stereocenters. The Hall–Kier alpha value is -1.14. The van der Waals surface area contributed by atoms with E-state index in [1.54, 1.807) is 0 Å². The van der Waals surface area contributed by atoms with Gasteiger partial charge in [-0.2, -0.15) is 0 Å². The van der Waals surface area contributed by atoms with Gasteiger partial charge in [-0.1, -0.05) is 19.8 Å². The number of carbonyl (C=O) groups is 2. The molecule has 1 aliphatic rings. The zero-order valence-corrected chi connectivity index (χ0v) is 11.3. The van der Waals surface area contributed by atoms with Crippen molar-refractivity contribution >= 4 is 11.9 Å². The molecular weight excluding hydrogens is 234 g/mol. The summed E-state index contributed by atoms with van der Waals surface area (Å²) in [6.07, 6.45) is 3.10. The number of nitrogens with zero attached hydrogens (tertiary/aromatic N) is 1. The Bertz CT molecular complexity index is 331. The third-order valence-electron chi connectivity index (χ3n) is 3.47. The number of rotatable bonds is 5. The highest BCUT2D eigenvalue weighted by Gasteiger charge is 2.50. The average Bonchev–Trinajstić information content (AvgIpc) is 2.47. The van der Waals surface area contributed by atoms with Crippen LogP contribution in [0.3, 0.4) is 0 Å². The zero-order valence-electron chi connectivity index (χ0n) is 11.3. The van der Waals surface area contributed by atoms with Gasteiger partial charge in [-0.3, -0.25) is 15.0 Å². The molecule has 6 nitrogen and oxygen atoms in total. The van der Waals surface area contributed by atoms with E-state index < -0.39 is 17.6 Å². The predicted octanol–water partition coefficient (Wildman–Crippen LogP) is 0.473. The maximum absolute atomic E-state index is 11.3. The lowest BCUT2D eigenvalue weighted by Crippen LogP contribution is -2.56. The van der Waals surface area contributed by atoms with Crippen molar-refractivity contribution in [1.82, 2.24) is 10.4 Å². The summed E-state index contributed by atoms with van der Waals surface area (Å²) in [6.45, 7) is 5.30. The maximum Gasteiger partial charge on any atom is 0.322 e. The molecule has 6 heteroatoms. The summed E-state index contributed by atoms with van der Waals surface area (Å²) < 4.78 is 0. The maximum atomic E-state index is 11.3. The first-order chi connectivity index (χ1) is 8.29. The molecule has 1 rings (SSSR count). The van der Waals surface area contributed by atoms with Gasteiger partial charge >= 0.3 is 5.97 Å². The van der Waals surface area contributed by atoms with E-state index >= 15 is 0 Å². The van der Waals surface area contributed by atoms with Crippen molar-refractivity contribution in [2.45, 2.75) is 64.1 Å². The largest absolute Gasteiger partial charge is 0.480 e. The fourth-order valence-corrected chi connectivity index (χ4v) is 2.60. The van der Waals surface area contributed by atoms with Gasteiger partial charge < -0.3 is 10.8 Å². The fourth-order valence-electron chi connectivity index (χ4n) is 2.60. The summed E-state index contributed by atoms with van der Waals surface area (Å²) in [6, 6.07) is -0.881. The Labute approximate surface area is 107 Å². The molecule has 104 valence electrons. The number of hydrogen-bond acceptors (Lipinski definition) is 4. The van der Waals surface area contributed by atoms with Crippen molar-refractivity contribution in [2.75, 3.05) is 0 Å². The third-order valence-corrected chi connectivity index (χ3v) is 3.47. The molecule has 1 heterocycles. The van der Waals surface area contributed by atoms with Crippen LogP contribution in [-0.2, 0) is 9.59 Å². The second kappa shape index (κ2) is 5.67. The minimum Gasteiger partial charge on any atom is -0.480 e. The van der Waals surface area contributed by atoms with Gasteiger partial charge in [0.2, 0.25) is 5.91 Å². The topological polar surface area (TPSA) is 95.7 Å². The van der Waals surface area contributed by atoms with Gasteiger partial charge in [0.15, 0.2) is 0 Å². The van der Waals surface area contributed by atoms with Gasteiger partial charge in [0.05, 0.1) is 0 Å². The fraction of sp³-hybridized carbons (Fsp3) is 0.833. The molecule has 0 unspecified atom stereocenters. The minimum atomic E-state index is -0.945. The molecule has 0 aromatic rings. The van der Waals surface area contributed by atoms with Crippen molar-refractivity contribution < 1.29 is 14.7 Å². The highest BCUT2D eigenvalue weighted by Crippen LogP contribution is 2.33. The molecule has 0 aromatic carbocycles. The normalized spacial score (nSPS) is 32.4. The molecule has 0 radical (unpaired) electrons. The second-order valence-corrected chi connectivity index (χ2v) is 5.30. The number of hydrogen-bond donors (Lipinski definition) is 3. The standard InChI is InChI=1S/C12H23N3O3/c1-4-5-6-10-12(3,13)7-9(11(17)18)15(10)14-8(2)16/h9-10H,4-7,13H2,1-3H3,(H,14,16)(H,17,18)/t9-,10+,12-/m1/s1. The van der Waals surface area contributed by atoms with Crippen LogP contribution in [0, 0.1) is 0 Å². The SMILES string of the molecule is CCCC[C@@H]1N(NC(C)=O)[C@@H](C(=O)O)C[C@@]1(C)N. The number of hydrazine groups is 1. The van der Waals surface area contributed by atoms with Crippen LogP contribution in [0.4, 0.5) is 0 Å². The van der Waals surface area contributed by atoms with Crippen LogP contribution >= 0.6 is 0 Å². The first-order valence-corrected chi connectivity index (χ1v) is 6.37. The lowest BCUT2D eigenvalue weighted by molar-refractivity contribution is -0.145. The van der Waals surface area contributed by atoms with E-state index in [0.717, 1.165) is 19.3 Å². The monoisotopic (exact) mass is 257 g/mol. The average molecular weight is 257 g/mol. The number of aliphatic carboxylic acids is 1. The van der Waals surface area contributed by atoms with Gasteiger partial charge in [-0.25, -0.2) is 5.01 Å². The van der Waals surface area contributed by atoms with Gasteiger partial charge in [0, 0.05) is 18.5 Å². The summed E-state index contributed by atoms with van der Waals surface area (Å²) in [7, 11) is 0. The number of nitrogens with one attached hydrogen (secondary N) is 1. The summed E-state index contributed by atoms with van der Waals surface area (Å²) in [5.74, 6) is -1.21. The van der Waals surface area contributed by atoms with E-state index in [1.165, 1.54) is 11.9 Å². The molecule has 1 saturated heterocycles. The molecule has 1 aliphatic heterocycles. The van der Waals surface area contributed by atoms with Gasteiger partial charge in [-0.05, 0) is 19.8 Å². The smallest absolute Gasteiger partial charge is 0.322 e. The van der Waals surface area contributed by atoms with Crippen molar-refractivity contribution in [1.29, 1.82) is 0 Å². The Morgan fingerprint density at radius 1 is 1.56 bits per heavy atom. The first-order valence-electron chi connectivity index (χ1n) is 6.37. The van der Waals surface area contributed by atoms with Gasteiger partial charge in [0.1, 0.15) is 6.04 Å². The summed E-state index contributed by atoms with van der Waals surface area (Å²) in [4.78, 5) is 22.5. The molecule has 18 heavy (non-hydrogen) atoms. The van der Waals surface area contributed by atoms with Crippen LogP contribution in [0.2, 0.25) is 0 Å². The molecule has 0 spiro atoms. The Balaban J connectivity index is 2.92. The number of carboxylic acids is 1. The lowest BCUT2D eigenvalue weighted by Gasteiger charge is -2.33. The van der Waals surface area contributed by atoms with Crippen LogP contribution in [-0.4, -0.2) is 39.6 Å². The second-order valence-electron chi connectivity index (χ2n) is 5.30. The summed E-state index contributed by atoms with van der Waals surface area (Å²) >= 11 is 0. The van der Waals surface area contributed by atoms with Crippen molar-refractivity contribution in [3.8, 4) is 0 Å². The van der Waals surface area contributed by atoms with Crippen LogP contribution in [0.5, 0.6) is 0 Å². The van der Waals surface area contributed by atoms with Crippen LogP contribution in [0.1, 0.15) is 46.5 Å². The summed E-state index contributed by atoms with van der Waals surface area (Å²) in [5, 5.41) is 10.8. The Morgan fingerprint density at radius 3 is 2.61 bits per heavy atom. The predicted molar refractivity (Wildman–Crippen MR) is 67.6 cm³/mol. The highest BCUT2D eigenvalue weighted by atomic mass is 16.4. The lowest BCUT2D eigenvalue weighted by atomic mass is 9.89. The number of nitrogens with two attached hydrogens (primary N) is 1. The number of carboxylic acid groups (broad SMARTS) is 1. The first kappa shape index (κ1) is 14.9. The van der Waals surface area contributed by atoms with Gasteiger partial charge in [0.25, 0.3) is 0 Å². The molecule has 1 amide bonds. The van der Waals surface area contributed by atoms with Crippen LogP contribution in [0.15, 0.2) is 0 Å². The van der Waals surface area contributed by atoms with E-state index in [-0.39, 0.29) is 11.9 Å². The highest BCUT2D eigenvalue weighted by molar-refractivity contribution is 5.76. The van der Waals surface area contributed by atoms with E-state index in [4.69, 9.17) is 5.73 Å². The van der Waals surface area contributed by atoms with Crippen molar-refractivity contribution in [3.63, 3.8) is 0 Å². The number of amides is 1. The van der Waals surface area contributed by atoms with Crippen LogP contribution < -0.4 is 11.2 Å². The van der Waals surface area contributed by atoms with Crippen molar-refractivity contribution in [3.05, 3.63) is 0 Å². The van der Waals surface area contributed by atoms with E-state index in [9.17, 15) is 14.7 Å². The summed E-state index contributed by atoms with van der Waals surface area (Å²) in [5.41, 5.74) is 8.23. The van der Waals surface area contributed by atoms with E-state index in [1.807, 2.05) is 6.92 Å². The van der Waals surface area contributed by atoms with Gasteiger partial charge in [-0.15, -0.1) is 0 Å².